The van der Waals surface area contributed by atoms with Gasteiger partial charge in [0.1, 0.15) is 23.5 Å². The molecule has 1 amide bonds. The Labute approximate surface area is 154 Å². The third kappa shape index (κ3) is 5.80. The van der Waals surface area contributed by atoms with Crippen LogP contribution in [-0.4, -0.2) is 12.5 Å². The normalized spacial score (nSPS) is 9.40. The molecule has 2 aromatic rings. The molecule has 2 aromatic carbocycles. The first-order chi connectivity index (χ1) is 12.1. The Morgan fingerprint density at radius 1 is 1.16 bits per heavy atom. The van der Waals surface area contributed by atoms with Crippen LogP contribution in [0.1, 0.15) is 11.1 Å². The van der Waals surface area contributed by atoms with Gasteiger partial charge in [0.2, 0.25) is 0 Å². The number of hydrogen-bond acceptors (Lipinski definition) is 4. The maximum Gasteiger partial charge on any atom is 0.258 e. The Kier molecular flexibility index (Phi) is 6.76. The number of halogens is 1. The number of carbonyl (C=O) groups excluding carboxylic acids is 1. The van der Waals surface area contributed by atoms with Crippen LogP contribution in [0.15, 0.2) is 58.6 Å². The van der Waals surface area contributed by atoms with Crippen LogP contribution in [0.5, 0.6) is 5.75 Å². The molecule has 0 radical (unpaired) electrons. The zero-order valence-electron chi connectivity index (χ0n) is 13.2. The van der Waals surface area contributed by atoms with Crippen LogP contribution in [-0.2, 0) is 11.3 Å². The molecule has 1 N–H and O–H groups in total. The van der Waals surface area contributed by atoms with Crippen LogP contribution in [0.3, 0.4) is 0 Å². The van der Waals surface area contributed by atoms with Crippen molar-refractivity contribution < 1.29 is 9.53 Å². The third-order valence-corrected chi connectivity index (χ3v) is 3.70. The maximum atomic E-state index is 11.9. The highest BCUT2D eigenvalue weighted by Crippen LogP contribution is 2.25. The number of nitrogens with zero attached hydrogens (tertiary/aromatic N) is 2. The van der Waals surface area contributed by atoms with Crippen LogP contribution in [0.2, 0.25) is 0 Å². The van der Waals surface area contributed by atoms with Gasteiger partial charge in [-0.2, -0.15) is 10.5 Å². The van der Waals surface area contributed by atoms with Crippen molar-refractivity contribution in [1.82, 2.24) is 5.32 Å². The summed E-state index contributed by atoms with van der Waals surface area (Å²) in [5.41, 5.74) is 1.50. The number of hydrogen-bond donors (Lipinski definition) is 1. The largest absolute Gasteiger partial charge is 0.483 e. The molecule has 0 saturated carbocycles. The van der Waals surface area contributed by atoms with E-state index in [9.17, 15) is 4.79 Å². The molecule has 2 rings (SSSR count). The Morgan fingerprint density at radius 2 is 1.88 bits per heavy atom. The van der Waals surface area contributed by atoms with E-state index in [4.69, 9.17) is 15.3 Å². The molecule has 0 fully saturated rings. The van der Waals surface area contributed by atoms with E-state index in [0.29, 0.717) is 17.9 Å². The highest BCUT2D eigenvalue weighted by molar-refractivity contribution is 9.10. The van der Waals surface area contributed by atoms with E-state index >= 15 is 0 Å². The lowest BCUT2D eigenvalue weighted by Gasteiger charge is -2.10. The van der Waals surface area contributed by atoms with Crippen molar-refractivity contribution >= 4 is 27.9 Å². The fourth-order valence-electron chi connectivity index (χ4n) is 2.00. The summed E-state index contributed by atoms with van der Waals surface area (Å²) in [6.07, 6.45) is 1.42. The van der Waals surface area contributed by atoms with Crippen molar-refractivity contribution in [3.8, 4) is 17.9 Å². The van der Waals surface area contributed by atoms with Crippen LogP contribution in [0, 0.1) is 22.7 Å². The van der Waals surface area contributed by atoms with Crippen LogP contribution in [0.25, 0.3) is 6.08 Å². The lowest BCUT2D eigenvalue weighted by atomic mass is 10.1. The molecule has 5 nitrogen and oxygen atoms in total. The minimum absolute atomic E-state index is 0.0449. The van der Waals surface area contributed by atoms with Crippen molar-refractivity contribution in [2.24, 2.45) is 0 Å². The van der Waals surface area contributed by atoms with Crippen LogP contribution in [0.4, 0.5) is 0 Å². The fraction of sp³-hybridized carbons (Fsp3) is 0.105. The topological polar surface area (TPSA) is 85.9 Å². The lowest BCUT2D eigenvalue weighted by molar-refractivity contribution is -0.123. The number of amides is 1. The quantitative estimate of drug-likeness (QED) is 0.757. The summed E-state index contributed by atoms with van der Waals surface area (Å²) in [4.78, 5) is 11.9. The summed E-state index contributed by atoms with van der Waals surface area (Å²) in [5, 5.41) is 20.5. The summed E-state index contributed by atoms with van der Waals surface area (Å²) in [6.45, 7) is 0.257. The molecule has 0 bridgehead atoms. The van der Waals surface area contributed by atoms with Gasteiger partial charge in [-0.1, -0.05) is 46.3 Å². The second-order valence-corrected chi connectivity index (χ2v) is 5.93. The Morgan fingerprint density at radius 3 is 2.56 bits per heavy atom. The molecule has 0 saturated heterocycles. The number of benzene rings is 2. The van der Waals surface area contributed by atoms with E-state index in [0.717, 1.165) is 10.0 Å². The SMILES string of the molecule is N#CC(C#N)=Cc1cc(Br)ccc1OCC(=O)NCc1ccccc1. The zero-order chi connectivity index (χ0) is 18.1. The van der Waals surface area contributed by atoms with Gasteiger partial charge in [0.15, 0.2) is 6.61 Å². The molecule has 25 heavy (non-hydrogen) atoms. The number of carbonyl (C=O) groups is 1. The van der Waals surface area contributed by atoms with Crippen LogP contribution < -0.4 is 10.1 Å². The average molecular weight is 396 g/mol. The molecule has 0 unspecified atom stereocenters. The second-order valence-electron chi connectivity index (χ2n) is 5.01. The Balaban J connectivity index is 2.01. The van der Waals surface area contributed by atoms with E-state index in [-0.39, 0.29) is 18.1 Å². The molecular formula is C19H14BrN3O2. The van der Waals surface area contributed by atoms with Gasteiger partial charge in [-0.25, -0.2) is 0 Å². The van der Waals surface area contributed by atoms with Gasteiger partial charge in [0.25, 0.3) is 5.91 Å². The standard InChI is InChI=1S/C19H14BrN3O2/c20-17-6-7-18(16(9-17)8-15(10-21)11-22)25-13-19(24)23-12-14-4-2-1-3-5-14/h1-9H,12-13H2,(H,23,24). The summed E-state index contributed by atoms with van der Waals surface area (Å²) in [5.74, 6) is 0.156. The van der Waals surface area contributed by atoms with Crippen molar-refractivity contribution in [2.45, 2.75) is 6.54 Å². The molecule has 0 aliphatic carbocycles. The Hall–Kier alpha value is -3.09. The number of nitriles is 2. The van der Waals surface area contributed by atoms with Gasteiger partial charge in [-0.05, 0) is 29.8 Å². The summed E-state index contributed by atoms with van der Waals surface area (Å²) in [6, 6.07) is 18.3. The second kappa shape index (κ2) is 9.27. The molecular weight excluding hydrogens is 382 g/mol. The van der Waals surface area contributed by atoms with Gasteiger partial charge in [0, 0.05) is 16.6 Å². The third-order valence-electron chi connectivity index (χ3n) is 3.20. The molecule has 0 aliphatic rings. The predicted octanol–water partition coefficient (Wildman–Crippen LogP) is 3.57. The van der Waals surface area contributed by atoms with E-state index in [2.05, 4.69) is 21.2 Å². The van der Waals surface area contributed by atoms with E-state index in [1.165, 1.54) is 6.08 Å². The molecule has 6 heteroatoms. The van der Waals surface area contributed by atoms with E-state index in [1.54, 1.807) is 30.3 Å². The zero-order valence-corrected chi connectivity index (χ0v) is 14.8. The molecule has 0 heterocycles. The van der Waals surface area contributed by atoms with Gasteiger partial charge in [0.05, 0.1) is 0 Å². The van der Waals surface area contributed by atoms with Gasteiger partial charge in [-0.15, -0.1) is 0 Å². The molecule has 0 spiro atoms. The first-order valence-electron chi connectivity index (χ1n) is 7.37. The number of rotatable bonds is 6. The first kappa shape index (κ1) is 18.3. The lowest BCUT2D eigenvalue weighted by Crippen LogP contribution is -2.28. The number of ether oxygens (including phenoxy) is 1. The van der Waals surface area contributed by atoms with Crippen LogP contribution >= 0.6 is 15.9 Å². The molecule has 124 valence electrons. The number of nitrogens with one attached hydrogen (secondary N) is 1. The molecule has 0 aliphatic heterocycles. The summed E-state index contributed by atoms with van der Waals surface area (Å²) >= 11 is 3.33. The number of allylic oxidation sites excluding steroid dienone is 1. The first-order valence-corrected chi connectivity index (χ1v) is 8.16. The molecule has 0 aromatic heterocycles. The molecule has 0 atom stereocenters. The predicted molar refractivity (Wildman–Crippen MR) is 97.1 cm³/mol. The van der Waals surface area contributed by atoms with Crippen molar-refractivity contribution in [2.75, 3.05) is 6.61 Å². The Bertz CT molecular complexity index is 848. The van der Waals surface area contributed by atoms with Gasteiger partial charge in [-0.3, -0.25) is 4.79 Å². The highest BCUT2D eigenvalue weighted by atomic mass is 79.9. The minimum atomic E-state index is -0.262. The monoisotopic (exact) mass is 395 g/mol. The van der Waals surface area contributed by atoms with E-state index < -0.39 is 0 Å². The summed E-state index contributed by atoms with van der Waals surface area (Å²) in [7, 11) is 0. The van der Waals surface area contributed by atoms with Gasteiger partial charge < -0.3 is 10.1 Å². The summed E-state index contributed by atoms with van der Waals surface area (Å²) < 4.78 is 6.31. The smallest absolute Gasteiger partial charge is 0.258 e. The fourth-order valence-corrected chi connectivity index (χ4v) is 2.38. The van der Waals surface area contributed by atoms with Crippen molar-refractivity contribution in [3.05, 3.63) is 69.7 Å². The van der Waals surface area contributed by atoms with E-state index in [1.807, 2.05) is 30.3 Å². The average Bonchev–Trinajstić information content (AvgIpc) is 2.64. The highest BCUT2D eigenvalue weighted by Gasteiger charge is 2.08. The van der Waals surface area contributed by atoms with Crippen molar-refractivity contribution in [3.63, 3.8) is 0 Å². The van der Waals surface area contributed by atoms with Crippen molar-refractivity contribution in [1.29, 1.82) is 10.5 Å². The minimum Gasteiger partial charge on any atom is -0.483 e. The maximum absolute atomic E-state index is 11.9. The van der Waals surface area contributed by atoms with Gasteiger partial charge >= 0.3 is 0 Å².